The second-order valence-corrected chi connectivity index (χ2v) is 12.5. The van der Waals surface area contributed by atoms with Gasteiger partial charge in [0.1, 0.15) is 0 Å². The van der Waals surface area contributed by atoms with Crippen LogP contribution in [0.4, 0.5) is 17.1 Å². The lowest BCUT2D eigenvalue weighted by molar-refractivity contribution is 0.0990. The van der Waals surface area contributed by atoms with Crippen molar-refractivity contribution in [2.75, 3.05) is 4.90 Å². The van der Waals surface area contributed by atoms with Gasteiger partial charge < -0.3 is 4.90 Å². The van der Waals surface area contributed by atoms with E-state index in [1.54, 1.807) is 10.8 Å². The fourth-order valence-corrected chi connectivity index (χ4v) is 7.25. The molecule has 0 unspecified atom stereocenters. The molecular formula is C37H37NO2S. The number of benzene rings is 3. The lowest BCUT2D eigenvalue weighted by atomic mass is 9.73. The van der Waals surface area contributed by atoms with E-state index in [-0.39, 0.29) is 17.0 Å². The summed E-state index contributed by atoms with van der Waals surface area (Å²) in [6.45, 7) is 9.06. The van der Waals surface area contributed by atoms with E-state index in [1.807, 2.05) is 6.08 Å². The minimum atomic E-state index is -0.145. The highest BCUT2D eigenvalue weighted by Crippen LogP contribution is 2.52. The van der Waals surface area contributed by atoms with Crippen LogP contribution in [0.5, 0.6) is 0 Å². The van der Waals surface area contributed by atoms with Gasteiger partial charge in [0.05, 0.1) is 16.9 Å². The molecule has 0 fully saturated rings. The van der Waals surface area contributed by atoms with Gasteiger partial charge in [-0.1, -0.05) is 76.9 Å². The summed E-state index contributed by atoms with van der Waals surface area (Å²) >= 11 is 1.42. The van der Waals surface area contributed by atoms with Crippen LogP contribution in [0.15, 0.2) is 77.0 Å². The molecule has 0 spiro atoms. The van der Waals surface area contributed by atoms with E-state index in [0.29, 0.717) is 16.7 Å². The molecule has 0 atom stereocenters. The van der Waals surface area contributed by atoms with Gasteiger partial charge in [-0.25, -0.2) is 0 Å². The molecule has 1 aliphatic carbocycles. The van der Waals surface area contributed by atoms with E-state index in [1.165, 1.54) is 50.7 Å². The highest BCUT2D eigenvalue weighted by atomic mass is 32.1. The summed E-state index contributed by atoms with van der Waals surface area (Å²) in [6.07, 6.45) is 7.96. The van der Waals surface area contributed by atoms with Crippen LogP contribution in [0.1, 0.15) is 102 Å². The van der Waals surface area contributed by atoms with Crippen molar-refractivity contribution >= 4 is 46.0 Å². The van der Waals surface area contributed by atoms with Gasteiger partial charge in [-0.15, -0.1) is 0 Å². The number of rotatable bonds is 8. The predicted octanol–water partition coefficient (Wildman–Crippen LogP) is 10.0. The number of para-hydroxylation sites is 2. The van der Waals surface area contributed by atoms with E-state index in [2.05, 4.69) is 93.3 Å². The van der Waals surface area contributed by atoms with Crippen LogP contribution in [-0.2, 0) is 18.3 Å². The molecule has 3 aromatic carbocycles. The molecule has 6 rings (SSSR count). The first kappa shape index (κ1) is 27.4. The first-order valence-electron chi connectivity index (χ1n) is 14.9. The van der Waals surface area contributed by atoms with Crippen molar-refractivity contribution in [3.8, 4) is 0 Å². The van der Waals surface area contributed by atoms with Crippen LogP contribution >= 0.6 is 11.3 Å². The van der Waals surface area contributed by atoms with Crippen molar-refractivity contribution < 1.29 is 9.59 Å². The first-order chi connectivity index (χ1) is 19.9. The van der Waals surface area contributed by atoms with E-state index >= 15 is 0 Å². The smallest absolute Gasteiger partial charge is 0.198 e. The zero-order valence-corrected chi connectivity index (χ0v) is 25.2. The van der Waals surface area contributed by atoms with Gasteiger partial charge in [0, 0.05) is 33.0 Å². The summed E-state index contributed by atoms with van der Waals surface area (Å²) < 4.78 is 0. The van der Waals surface area contributed by atoms with Crippen molar-refractivity contribution in [3.63, 3.8) is 0 Å². The summed E-state index contributed by atoms with van der Waals surface area (Å²) in [5, 5.41) is 3.60. The van der Waals surface area contributed by atoms with Crippen LogP contribution < -0.4 is 4.90 Å². The highest BCUT2D eigenvalue weighted by Gasteiger charge is 2.37. The molecule has 208 valence electrons. The third-order valence-electron chi connectivity index (χ3n) is 8.76. The number of ketones is 2. The van der Waals surface area contributed by atoms with Gasteiger partial charge in [-0.2, -0.15) is 11.3 Å². The maximum atomic E-state index is 13.2. The van der Waals surface area contributed by atoms with Crippen molar-refractivity contribution in [1.29, 1.82) is 0 Å². The molecule has 1 aliphatic heterocycles. The summed E-state index contributed by atoms with van der Waals surface area (Å²) in [6, 6.07) is 22.2. The second kappa shape index (κ2) is 10.9. The van der Waals surface area contributed by atoms with Crippen LogP contribution in [0, 0.1) is 0 Å². The zero-order valence-electron chi connectivity index (χ0n) is 24.4. The average molecular weight is 560 g/mol. The van der Waals surface area contributed by atoms with Gasteiger partial charge in [-0.05, 0) is 83.8 Å². The number of allylic oxidation sites excluding steroid dienone is 1. The van der Waals surface area contributed by atoms with Crippen LogP contribution in [0.2, 0.25) is 0 Å². The van der Waals surface area contributed by atoms with Crippen LogP contribution in [0.3, 0.4) is 0 Å². The number of aryl methyl sites for hydroxylation is 2. The molecule has 0 saturated heterocycles. The number of fused-ring (bicyclic) bond motifs is 3. The molecule has 0 bridgehead atoms. The highest BCUT2D eigenvalue weighted by molar-refractivity contribution is 7.08. The molecule has 2 aliphatic rings. The Morgan fingerprint density at radius 3 is 1.83 bits per heavy atom. The first-order valence-corrected chi connectivity index (χ1v) is 15.8. The molecule has 1 aromatic heterocycles. The average Bonchev–Trinajstić information content (AvgIpc) is 3.55. The quantitative estimate of drug-likeness (QED) is 0.159. The predicted molar refractivity (Wildman–Crippen MR) is 171 cm³/mol. The molecular weight excluding hydrogens is 522 g/mol. The summed E-state index contributed by atoms with van der Waals surface area (Å²) in [5.41, 5.74) is 11.0. The van der Waals surface area contributed by atoms with Gasteiger partial charge >= 0.3 is 0 Å². The number of hydrogen-bond acceptors (Lipinski definition) is 4. The number of hydrogen-bond donors (Lipinski definition) is 0. The Kier molecular flexibility index (Phi) is 7.29. The van der Waals surface area contributed by atoms with Crippen molar-refractivity contribution in [2.45, 2.75) is 71.6 Å². The molecule has 41 heavy (non-hydrogen) atoms. The topological polar surface area (TPSA) is 37.4 Å². The standard InChI is InChI=1S/C37H37NO2S/c1-5-7-13-24-21-34(38-32-17-11-9-15-30(32)37(3,4)31-16-10-12-18-33(31)38)25(14-8-6-2)19-26(24)20-27-35(39)28-22-41-23-29(28)36(27)40/h9-12,15-23H,5-8,13-14H2,1-4H3. The molecule has 0 radical (unpaired) electrons. The van der Waals surface area contributed by atoms with E-state index in [9.17, 15) is 9.59 Å². The number of carbonyl (C=O) groups excluding carboxylic acids is 2. The second-order valence-electron chi connectivity index (χ2n) is 11.8. The summed E-state index contributed by atoms with van der Waals surface area (Å²) in [7, 11) is 0. The van der Waals surface area contributed by atoms with Crippen LogP contribution in [-0.4, -0.2) is 11.6 Å². The minimum Gasteiger partial charge on any atom is -0.310 e. The Morgan fingerprint density at radius 2 is 1.27 bits per heavy atom. The Hall–Kier alpha value is -3.76. The Balaban J connectivity index is 1.57. The molecule has 4 heteroatoms. The van der Waals surface area contributed by atoms with Gasteiger partial charge in [0.15, 0.2) is 11.6 Å². The summed E-state index contributed by atoms with van der Waals surface area (Å²) in [4.78, 5) is 28.9. The van der Waals surface area contributed by atoms with Crippen molar-refractivity contribution in [3.05, 3.63) is 116 Å². The number of Topliss-reactive ketones (excluding diaryl/α,β-unsaturated/α-hetero) is 2. The van der Waals surface area contributed by atoms with E-state index < -0.39 is 0 Å². The summed E-state index contributed by atoms with van der Waals surface area (Å²) in [5.74, 6) is -0.291. The monoisotopic (exact) mass is 559 g/mol. The van der Waals surface area contributed by atoms with Gasteiger partial charge in [0.2, 0.25) is 0 Å². The van der Waals surface area contributed by atoms with Crippen LogP contribution in [0.25, 0.3) is 6.08 Å². The lowest BCUT2D eigenvalue weighted by Crippen LogP contribution is -2.31. The fourth-order valence-electron chi connectivity index (χ4n) is 6.45. The Morgan fingerprint density at radius 1 is 0.732 bits per heavy atom. The molecule has 3 nitrogen and oxygen atoms in total. The Bertz CT molecular complexity index is 1610. The fraction of sp³-hybridized carbons (Fsp3) is 0.297. The number of nitrogens with zero attached hydrogens (tertiary/aromatic N) is 1. The molecule has 2 heterocycles. The number of unbranched alkanes of at least 4 members (excludes halogenated alkanes) is 2. The minimum absolute atomic E-state index is 0.119. The zero-order chi connectivity index (χ0) is 28.7. The maximum Gasteiger partial charge on any atom is 0.198 e. The number of anilines is 3. The largest absolute Gasteiger partial charge is 0.310 e. The molecule has 4 aromatic rings. The third-order valence-corrected chi connectivity index (χ3v) is 9.50. The van der Waals surface area contributed by atoms with Gasteiger partial charge in [0.25, 0.3) is 0 Å². The number of thiophene rings is 1. The SMILES string of the molecule is CCCCc1cc(N2c3ccccc3C(C)(C)c3ccccc32)c(CCCC)cc1C=C1C(=O)c2cscc2C1=O. The van der Waals surface area contributed by atoms with Gasteiger partial charge in [-0.3, -0.25) is 9.59 Å². The Labute approximate surface area is 247 Å². The third kappa shape index (κ3) is 4.59. The van der Waals surface area contributed by atoms with Crippen molar-refractivity contribution in [2.24, 2.45) is 0 Å². The maximum absolute atomic E-state index is 13.2. The molecule has 0 N–H and O–H groups in total. The lowest BCUT2D eigenvalue weighted by Gasteiger charge is -2.42. The molecule has 0 saturated carbocycles. The van der Waals surface area contributed by atoms with E-state index in [4.69, 9.17) is 0 Å². The normalized spacial score (nSPS) is 15.1. The van der Waals surface area contributed by atoms with E-state index in [0.717, 1.165) is 44.1 Å². The van der Waals surface area contributed by atoms with Crippen molar-refractivity contribution in [1.82, 2.24) is 0 Å². The molecule has 0 amide bonds. The number of carbonyl (C=O) groups is 2.